The van der Waals surface area contributed by atoms with Crippen molar-refractivity contribution >= 4 is 28.7 Å². The van der Waals surface area contributed by atoms with Gasteiger partial charge in [0.05, 0.1) is 0 Å². The fraction of sp³-hybridized carbons (Fsp3) is 0.130. The van der Waals surface area contributed by atoms with Gasteiger partial charge in [0.2, 0.25) is 11.8 Å². The highest BCUT2D eigenvalue weighted by Gasteiger charge is 2.12. The van der Waals surface area contributed by atoms with Crippen molar-refractivity contribution in [1.29, 1.82) is 0 Å². The number of amides is 2. The fourth-order valence-corrected chi connectivity index (χ4v) is 2.98. The van der Waals surface area contributed by atoms with Crippen LogP contribution in [0.3, 0.4) is 0 Å². The van der Waals surface area contributed by atoms with Crippen LogP contribution in [-0.2, 0) is 16.1 Å². The van der Waals surface area contributed by atoms with E-state index in [0.717, 1.165) is 21.9 Å². The summed E-state index contributed by atoms with van der Waals surface area (Å²) in [7, 11) is 0. The zero-order valence-electron chi connectivity index (χ0n) is 15.0. The second-order valence-electron chi connectivity index (χ2n) is 6.36. The maximum absolute atomic E-state index is 12.8. The van der Waals surface area contributed by atoms with Crippen molar-refractivity contribution in [2.45, 2.75) is 13.0 Å². The Labute approximate surface area is 158 Å². The summed E-state index contributed by atoms with van der Waals surface area (Å²) in [5.41, 5.74) is 7.26. The second kappa shape index (κ2) is 8.81. The number of fused-ring (bicyclic) bond motifs is 1. The molecule has 2 N–H and O–H groups in total. The van der Waals surface area contributed by atoms with Crippen molar-refractivity contribution in [3.63, 3.8) is 0 Å². The van der Waals surface area contributed by atoms with Crippen LogP contribution in [0.25, 0.3) is 16.8 Å². The predicted molar refractivity (Wildman–Crippen MR) is 109 cm³/mol. The van der Waals surface area contributed by atoms with Crippen LogP contribution in [0.1, 0.15) is 17.5 Å². The van der Waals surface area contributed by atoms with Crippen LogP contribution in [0.15, 0.2) is 78.9 Å². The van der Waals surface area contributed by atoms with Crippen molar-refractivity contribution < 1.29 is 9.59 Å². The normalized spacial score (nSPS) is 11.0. The highest BCUT2D eigenvalue weighted by atomic mass is 16.2. The van der Waals surface area contributed by atoms with E-state index in [1.54, 1.807) is 11.0 Å². The van der Waals surface area contributed by atoms with E-state index in [4.69, 9.17) is 5.73 Å². The third-order valence-electron chi connectivity index (χ3n) is 4.38. The van der Waals surface area contributed by atoms with Crippen LogP contribution < -0.4 is 5.73 Å². The van der Waals surface area contributed by atoms with Gasteiger partial charge in [-0.1, -0.05) is 72.8 Å². The summed E-state index contributed by atoms with van der Waals surface area (Å²) in [4.78, 5) is 25.6. The summed E-state index contributed by atoms with van der Waals surface area (Å²) in [5.74, 6) is -0.563. The summed E-state index contributed by atoms with van der Waals surface area (Å²) in [6, 6.07) is 23.8. The first-order chi connectivity index (χ1) is 13.1. The minimum absolute atomic E-state index is 0.140. The van der Waals surface area contributed by atoms with Gasteiger partial charge in [-0.2, -0.15) is 0 Å². The van der Waals surface area contributed by atoms with Crippen molar-refractivity contribution in [2.24, 2.45) is 5.73 Å². The molecule has 0 spiro atoms. The molecule has 3 rings (SSSR count). The van der Waals surface area contributed by atoms with E-state index >= 15 is 0 Å². The Balaban J connectivity index is 1.80. The molecule has 27 heavy (non-hydrogen) atoms. The maximum atomic E-state index is 12.8. The number of benzene rings is 3. The first-order valence-electron chi connectivity index (χ1n) is 8.90. The van der Waals surface area contributed by atoms with Gasteiger partial charge < -0.3 is 10.6 Å². The summed E-state index contributed by atoms with van der Waals surface area (Å²) >= 11 is 0. The Kier molecular flexibility index (Phi) is 6.00. The van der Waals surface area contributed by atoms with Crippen molar-refractivity contribution in [1.82, 2.24) is 4.90 Å². The largest absolute Gasteiger partial charge is 0.370 e. The molecule has 0 unspecified atom stereocenters. The molecule has 0 fully saturated rings. The minimum atomic E-state index is -0.418. The lowest BCUT2D eigenvalue weighted by Crippen LogP contribution is -2.32. The number of carbonyl (C=O) groups is 2. The van der Waals surface area contributed by atoms with Crippen LogP contribution in [0, 0.1) is 0 Å². The van der Waals surface area contributed by atoms with Gasteiger partial charge in [-0.15, -0.1) is 0 Å². The lowest BCUT2D eigenvalue weighted by molar-refractivity contribution is -0.127. The smallest absolute Gasteiger partial charge is 0.246 e. The number of nitrogens with two attached hydrogens (primary N) is 1. The van der Waals surface area contributed by atoms with E-state index in [9.17, 15) is 9.59 Å². The van der Waals surface area contributed by atoms with Gasteiger partial charge in [-0.3, -0.25) is 9.59 Å². The van der Waals surface area contributed by atoms with Gasteiger partial charge in [0, 0.05) is 25.6 Å². The van der Waals surface area contributed by atoms with Crippen LogP contribution in [0.5, 0.6) is 0 Å². The Morgan fingerprint density at radius 1 is 0.889 bits per heavy atom. The molecule has 0 aromatic heterocycles. The van der Waals surface area contributed by atoms with Crippen LogP contribution in [0.4, 0.5) is 0 Å². The third-order valence-corrected chi connectivity index (χ3v) is 4.38. The maximum Gasteiger partial charge on any atom is 0.246 e. The highest BCUT2D eigenvalue weighted by molar-refractivity contribution is 5.96. The number of primary amides is 1. The van der Waals surface area contributed by atoms with Gasteiger partial charge in [0.1, 0.15) is 0 Å². The van der Waals surface area contributed by atoms with Gasteiger partial charge in [0.15, 0.2) is 0 Å². The molecular formula is C23H22N2O2. The zero-order chi connectivity index (χ0) is 19.1. The quantitative estimate of drug-likeness (QED) is 0.654. The number of hydrogen-bond donors (Lipinski definition) is 1. The third kappa shape index (κ3) is 5.05. The molecule has 0 aliphatic rings. The number of carbonyl (C=O) groups excluding carboxylic acids is 2. The molecule has 0 aliphatic heterocycles. The average molecular weight is 358 g/mol. The highest BCUT2D eigenvalue weighted by Crippen LogP contribution is 2.19. The van der Waals surface area contributed by atoms with Crippen molar-refractivity contribution in [3.8, 4) is 0 Å². The summed E-state index contributed by atoms with van der Waals surface area (Å²) < 4.78 is 0. The summed E-state index contributed by atoms with van der Waals surface area (Å²) in [6.07, 6.45) is 3.53. The predicted octanol–water partition coefficient (Wildman–Crippen LogP) is 3.76. The topological polar surface area (TPSA) is 63.4 Å². The molecule has 3 aromatic rings. The molecule has 0 aliphatic carbocycles. The van der Waals surface area contributed by atoms with E-state index in [-0.39, 0.29) is 12.3 Å². The van der Waals surface area contributed by atoms with Gasteiger partial charge in [-0.25, -0.2) is 0 Å². The molecule has 0 saturated carbocycles. The fourth-order valence-electron chi connectivity index (χ4n) is 2.98. The monoisotopic (exact) mass is 358 g/mol. The molecule has 0 heterocycles. The van der Waals surface area contributed by atoms with E-state index in [0.29, 0.717) is 13.1 Å². The number of nitrogens with zero attached hydrogens (tertiary/aromatic N) is 1. The van der Waals surface area contributed by atoms with Crippen molar-refractivity contribution in [2.75, 3.05) is 6.54 Å². The zero-order valence-corrected chi connectivity index (χ0v) is 15.0. The van der Waals surface area contributed by atoms with Crippen LogP contribution in [0.2, 0.25) is 0 Å². The molecule has 4 nitrogen and oxygen atoms in total. The molecule has 0 saturated heterocycles. The summed E-state index contributed by atoms with van der Waals surface area (Å²) in [6.45, 7) is 0.732. The van der Waals surface area contributed by atoms with Gasteiger partial charge >= 0.3 is 0 Å². The van der Waals surface area contributed by atoms with Gasteiger partial charge in [0.25, 0.3) is 0 Å². The van der Waals surface area contributed by atoms with Crippen LogP contribution in [-0.4, -0.2) is 23.3 Å². The molecule has 4 heteroatoms. The first-order valence-corrected chi connectivity index (χ1v) is 8.90. The molecule has 0 atom stereocenters. The second-order valence-corrected chi connectivity index (χ2v) is 6.36. The van der Waals surface area contributed by atoms with E-state index < -0.39 is 5.91 Å². The Bertz CT molecular complexity index is 959. The Morgan fingerprint density at radius 3 is 2.37 bits per heavy atom. The van der Waals surface area contributed by atoms with E-state index in [1.165, 1.54) is 0 Å². The van der Waals surface area contributed by atoms with Gasteiger partial charge in [-0.05, 0) is 28.0 Å². The summed E-state index contributed by atoms with van der Waals surface area (Å²) in [5, 5.41) is 2.22. The molecule has 3 aromatic carbocycles. The lowest BCUT2D eigenvalue weighted by Gasteiger charge is -2.20. The standard InChI is InChI=1S/C23H22N2O2/c24-22(26)15-16-25(17-18-7-2-1-3-8-18)23(27)14-13-20-11-6-10-19-9-4-5-12-21(19)20/h1-14H,15-17H2,(H2,24,26)/b14-13+. The molecule has 0 bridgehead atoms. The van der Waals surface area contributed by atoms with E-state index in [1.807, 2.05) is 78.9 Å². The molecule has 2 amide bonds. The van der Waals surface area contributed by atoms with Crippen molar-refractivity contribution in [3.05, 3.63) is 90.0 Å². The van der Waals surface area contributed by atoms with E-state index in [2.05, 4.69) is 0 Å². The molecule has 0 radical (unpaired) electrons. The number of hydrogen-bond acceptors (Lipinski definition) is 2. The average Bonchev–Trinajstić information content (AvgIpc) is 2.70. The minimum Gasteiger partial charge on any atom is -0.370 e. The Morgan fingerprint density at radius 2 is 1.59 bits per heavy atom. The number of rotatable bonds is 7. The molecular weight excluding hydrogens is 336 g/mol. The molecule has 136 valence electrons. The SMILES string of the molecule is NC(=O)CCN(Cc1ccccc1)C(=O)/C=C/c1cccc2ccccc12. The van der Waals surface area contributed by atoms with Crippen LogP contribution >= 0.6 is 0 Å². The lowest BCUT2D eigenvalue weighted by atomic mass is 10.0. The first kappa shape index (κ1) is 18.4. The Hall–Kier alpha value is -3.40.